The Morgan fingerprint density at radius 3 is 2.69 bits per heavy atom. The molecule has 6 fully saturated rings. The number of aliphatic hydroxyl groups is 1. The number of ether oxygens (including phenoxy) is 1. The maximum Gasteiger partial charge on any atom is 0.147 e. The molecule has 4 nitrogen and oxygen atoms in total. The first kappa shape index (κ1) is 28.0. The van der Waals surface area contributed by atoms with Crippen molar-refractivity contribution in [3.8, 4) is 0 Å². The van der Waals surface area contributed by atoms with Crippen LogP contribution in [0.3, 0.4) is 0 Å². The SMILES string of the molecule is C[C@H]1C[C@H]2O[C@]3(CC[C@H]4[C@@H]5CCC6=C[C@@H](O)CC[C@]6(C)[C@H]5CC45CC53C)[C@H](C)[C@@H]2N(CC(=O)CCc2ccccc2)C1. The van der Waals surface area contributed by atoms with Gasteiger partial charge in [-0.3, -0.25) is 9.69 Å². The summed E-state index contributed by atoms with van der Waals surface area (Å²) in [6.07, 6.45) is 14.7. The standard InChI is InChI=1S/C38H53NO3/c1-24-18-33-34(39(21-24)22-29(41)12-10-26-8-6-5-7-9-26)25(2)38(42-33)17-15-31-30-13-11-27-19-28(40)14-16-35(27,3)32(30)20-37(31)23-36(37,38)4/h5-9,19,24-25,28,30-34,40H,10-18,20-23H2,1-4H3/t24-,25+,28-,30-,31-,32-,33+,34-,35-,36?,37?,38+/m0/s1. The molecule has 0 aromatic heterocycles. The molecule has 1 aromatic carbocycles. The highest BCUT2D eigenvalue weighted by molar-refractivity contribution is 5.80. The molecule has 7 aliphatic rings. The van der Waals surface area contributed by atoms with Crippen molar-refractivity contribution in [1.29, 1.82) is 0 Å². The Balaban J connectivity index is 1.03. The molecule has 4 saturated carbocycles. The van der Waals surface area contributed by atoms with Crippen LogP contribution in [-0.4, -0.2) is 52.7 Å². The number of carbonyl (C=O) groups is 1. The predicted octanol–water partition coefficient (Wildman–Crippen LogP) is 7.00. The first-order valence-electron chi connectivity index (χ1n) is 17.5. The van der Waals surface area contributed by atoms with Crippen LogP contribution in [0.2, 0.25) is 0 Å². The average Bonchev–Trinajstić information content (AvgIpc) is 3.30. The number of likely N-dealkylation sites (tertiary alicyclic amines) is 1. The maximum atomic E-state index is 13.3. The number of ketones is 1. The van der Waals surface area contributed by atoms with Crippen LogP contribution in [0.25, 0.3) is 0 Å². The molecule has 1 aromatic rings. The molecule has 2 saturated heterocycles. The fourth-order valence-electron chi connectivity index (χ4n) is 12.9. The van der Waals surface area contributed by atoms with Gasteiger partial charge in [0.05, 0.1) is 24.4 Å². The predicted molar refractivity (Wildman–Crippen MR) is 166 cm³/mol. The second-order valence-corrected chi connectivity index (χ2v) is 16.7. The van der Waals surface area contributed by atoms with Crippen molar-refractivity contribution < 1.29 is 14.6 Å². The van der Waals surface area contributed by atoms with E-state index >= 15 is 0 Å². The summed E-state index contributed by atoms with van der Waals surface area (Å²) < 4.78 is 7.48. The van der Waals surface area contributed by atoms with Crippen LogP contribution in [0.4, 0.5) is 0 Å². The molecule has 0 radical (unpaired) electrons. The number of aliphatic hydroxyl groups excluding tert-OH is 1. The summed E-state index contributed by atoms with van der Waals surface area (Å²) in [6, 6.07) is 10.8. The summed E-state index contributed by atoms with van der Waals surface area (Å²) in [5.74, 6) is 3.86. The van der Waals surface area contributed by atoms with Crippen LogP contribution in [0, 0.1) is 45.8 Å². The van der Waals surface area contributed by atoms with Gasteiger partial charge in [0.2, 0.25) is 0 Å². The van der Waals surface area contributed by atoms with Crippen molar-refractivity contribution in [3.05, 3.63) is 47.5 Å². The van der Waals surface area contributed by atoms with E-state index in [1.165, 1.54) is 44.1 Å². The number of aryl methyl sites for hydroxylation is 1. The fraction of sp³-hybridized carbons (Fsp3) is 0.763. The number of hydrogen-bond acceptors (Lipinski definition) is 4. The van der Waals surface area contributed by atoms with E-state index in [-0.39, 0.29) is 28.6 Å². The number of rotatable bonds is 5. The van der Waals surface area contributed by atoms with E-state index in [4.69, 9.17) is 4.74 Å². The molecular formula is C38H53NO3. The average molecular weight is 572 g/mol. The Labute approximate surface area is 253 Å². The van der Waals surface area contributed by atoms with E-state index < -0.39 is 0 Å². The quantitative estimate of drug-likeness (QED) is 0.387. The number of piperidine rings is 1. The van der Waals surface area contributed by atoms with Gasteiger partial charge in [-0.15, -0.1) is 0 Å². The summed E-state index contributed by atoms with van der Waals surface area (Å²) in [4.78, 5) is 15.9. The van der Waals surface area contributed by atoms with E-state index in [9.17, 15) is 9.90 Å². The molecule has 12 atom stereocenters. The number of allylic oxidation sites excluding steroid dienone is 1. The lowest BCUT2D eigenvalue weighted by Crippen LogP contribution is -2.55. The number of Topliss-reactive ketones (excluding diaryl/α,β-unsaturated/α-hetero) is 1. The van der Waals surface area contributed by atoms with Gasteiger partial charge < -0.3 is 9.84 Å². The molecule has 2 aliphatic heterocycles. The topological polar surface area (TPSA) is 49.8 Å². The molecule has 0 amide bonds. The van der Waals surface area contributed by atoms with Gasteiger partial charge in [0.25, 0.3) is 0 Å². The van der Waals surface area contributed by atoms with E-state index in [1.807, 2.05) is 6.07 Å². The first-order valence-corrected chi connectivity index (χ1v) is 17.5. The third kappa shape index (κ3) is 3.73. The van der Waals surface area contributed by atoms with Crippen molar-refractivity contribution in [3.63, 3.8) is 0 Å². The number of fused-ring (bicyclic) bond motifs is 6. The third-order valence-corrected chi connectivity index (χ3v) is 14.9. The zero-order chi connectivity index (χ0) is 29.1. The zero-order valence-corrected chi connectivity index (χ0v) is 26.5. The van der Waals surface area contributed by atoms with Gasteiger partial charge in [-0.25, -0.2) is 0 Å². The largest absolute Gasteiger partial charge is 0.389 e. The van der Waals surface area contributed by atoms with Crippen LogP contribution in [0.1, 0.15) is 97.5 Å². The fourth-order valence-corrected chi connectivity index (χ4v) is 12.9. The highest BCUT2D eigenvalue weighted by atomic mass is 16.5. The van der Waals surface area contributed by atoms with Gasteiger partial charge >= 0.3 is 0 Å². The van der Waals surface area contributed by atoms with Gasteiger partial charge in [0, 0.05) is 30.3 Å². The van der Waals surface area contributed by atoms with Gasteiger partial charge in [-0.2, -0.15) is 0 Å². The number of nitrogens with zero attached hydrogens (tertiary/aromatic N) is 1. The number of carbonyl (C=O) groups excluding carboxylic acids is 1. The van der Waals surface area contributed by atoms with Crippen LogP contribution >= 0.6 is 0 Å². The Hall–Kier alpha value is -1.49. The number of benzene rings is 1. The van der Waals surface area contributed by atoms with Gasteiger partial charge in [0.1, 0.15) is 5.78 Å². The Morgan fingerprint density at radius 1 is 1.07 bits per heavy atom. The van der Waals surface area contributed by atoms with E-state index in [2.05, 4.69) is 62.9 Å². The minimum absolute atomic E-state index is 0.0515. The third-order valence-electron chi connectivity index (χ3n) is 14.9. The highest BCUT2D eigenvalue weighted by Gasteiger charge is 2.84. The second kappa shape index (κ2) is 9.51. The second-order valence-electron chi connectivity index (χ2n) is 16.7. The van der Waals surface area contributed by atoms with Crippen LogP contribution < -0.4 is 0 Å². The Kier molecular flexibility index (Phi) is 6.34. The smallest absolute Gasteiger partial charge is 0.147 e. The van der Waals surface area contributed by atoms with E-state index in [0.29, 0.717) is 42.0 Å². The maximum absolute atomic E-state index is 13.3. The van der Waals surface area contributed by atoms with Crippen molar-refractivity contribution >= 4 is 5.78 Å². The molecule has 2 unspecified atom stereocenters. The van der Waals surface area contributed by atoms with Crippen LogP contribution in [0.5, 0.6) is 0 Å². The summed E-state index contributed by atoms with van der Waals surface area (Å²) in [6.45, 7) is 11.7. The lowest BCUT2D eigenvalue weighted by atomic mass is 9.56. The highest BCUT2D eigenvalue weighted by Crippen LogP contribution is 2.87. The van der Waals surface area contributed by atoms with Crippen LogP contribution in [-0.2, 0) is 16.0 Å². The van der Waals surface area contributed by atoms with Crippen molar-refractivity contribution in [2.24, 2.45) is 45.8 Å². The molecule has 8 rings (SSSR count). The Bertz CT molecular complexity index is 1280. The molecule has 2 spiro atoms. The lowest BCUT2D eigenvalue weighted by molar-refractivity contribution is -0.148. The van der Waals surface area contributed by atoms with Gasteiger partial charge in [-0.1, -0.05) is 69.7 Å². The van der Waals surface area contributed by atoms with Crippen LogP contribution in [0.15, 0.2) is 42.0 Å². The molecular weight excluding hydrogens is 518 g/mol. The van der Waals surface area contributed by atoms with Crippen molar-refractivity contribution in [2.75, 3.05) is 13.1 Å². The van der Waals surface area contributed by atoms with E-state index in [0.717, 1.165) is 50.0 Å². The van der Waals surface area contributed by atoms with Crippen molar-refractivity contribution in [2.45, 2.75) is 122 Å². The van der Waals surface area contributed by atoms with Gasteiger partial charge in [0.15, 0.2) is 0 Å². The van der Waals surface area contributed by atoms with Crippen molar-refractivity contribution in [1.82, 2.24) is 4.90 Å². The molecule has 2 heterocycles. The van der Waals surface area contributed by atoms with Gasteiger partial charge in [-0.05, 0) is 104 Å². The normalized spacial score (nSPS) is 50.7. The molecule has 5 aliphatic carbocycles. The molecule has 1 N–H and O–H groups in total. The van der Waals surface area contributed by atoms with E-state index in [1.54, 1.807) is 5.57 Å². The monoisotopic (exact) mass is 571 g/mol. The summed E-state index contributed by atoms with van der Waals surface area (Å²) >= 11 is 0. The minimum atomic E-state index is -0.229. The summed E-state index contributed by atoms with van der Waals surface area (Å²) in [5.41, 5.74) is 3.75. The molecule has 228 valence electrons. The lowest BCUT2D eigenvalue weighted by Gasteiger charge is -2.50. The zero-order valence-electron chi connectivity index (χ0n) is 26.5. The molecule has 4 heteroatoms. The molecule has 0 bridgehead atoms. The minimum Gasteiger partial charge on any atom is -0.389 e. The summed E-state index contributed by atoms with van der Waals surface area (Å²) in [5, 5.41) is 10.4. The first-order chi connectivity index (χ1) is 20.1. The number of hydrogen-bond donors (Lipinski definition) is 1. The summed E-state index contributed by atoms with van der Waals surface area (Å²) in [7, 11) is 0. The molecule has 42 heavy (non-hydrogen) atoms. The Morgan fingerprint density at radius 2 is 1.88 bits per heavy atom.